The van der Waals surface area contributed by atoms with E-state index in [2.05, 4.69) is 29.1 Å². The zero-order valence-corrected chi connectivity index (χ0v) is 15.2. The molecule has 3 rings (SSSR count). The second-order valence-corrected chi connectivity index (χ2v) is 6.87. The average molecular weight is 363 g/mol. The molecule has 2 fully saturated rings. The molecule has 26 heavy (non-hydrogen) atoms. The van der Waals surface area contributed by atoms with Crippen LogP contribution in [-0.4, -0.2) is 79.8 Å². The van der Waals surface area contributed by atoms with Gasteiger partial charge in [0.25, 0.3) is 5.69 Å². The van der Waals surface area contributed by atoms with Crippen molar-refractivity contribution < 1.29 is 14.5 Å². The van der Waals surface area contributed by atoms with Crippen LogP contribution in [0.15, 0.2) is 18.2 Å². The van der Waals surface area contributed by atoms with Crippen molar-refractivity contribution in [1.29, 1.82) is 0 Å². The van der Waals surface area contributed by atoms with E-state index >= 15 is 0 Å². The van der Waals surface area contributed by atoms with Crippen molar-refractivity contribution in [2.75, 3.05) is 63.1 Å². The second-order valence-electron chi connectivity index (χ2n) is 6.87. The number of hydrogen-bond donors (Lipinski definition) is 1. The lowest BCUT2D eigenvalue weighted by Crippen LogP contribution is -2.47. The zero-order chi connectivity index (χ0) is 18.7. The maximum Gasteiger partial charge on any atom is 0.414 e. The Labute approximate surface area is 152 Å². The number of nitro benzene ring substituents is 1. The van der Waals surface area contributed by atoms with Crippen LogP contribution >= 0.6 is 0 Å². The summed E-state index contributed by atoms with van der Waals surface area (Å²) < 4.78 is 4.99. The van der Waals surface area contributed by atoms with Gasteiger partial charge in [-0.2, -0.15) is 0 Å². The van der Waals surface area contributed by atoms with Gasteiger partial charge in [-0.3, -0.25) is 19.9 Å². The van der Waals surface area contributed by atoms with Gasteiger partial charge in [-0.25, -0.2) is 4.79 Å². The third-order valence-corrected chi connectivity index (χ3v) is 4.77. The van der Waals surface area contributed by atoms with Crippen molar-refractivity contribution in [3.05, 3.63) is 28.3 Å². The van der Waals surface area contributed by atoms with Gasteiger partial charge in [-0.15, -0.1) is 0 Å². The van der Waals surface area contributed by atoms with Crippen molar-refractivity contribution in [1.82, 2.24) is 9.80 Å². The molecule has 9 nitrogen and oxygen atoms in total. The highest BCUT2D eigenvalue weighted by Gasteiger charge is 2.28. The van der Waals surface area contributed by atoms with E-state index in [1.54, 1.807) is 6.07 Å². The lowest BCUT2D eigenvalue weighted by molar-refractivity contribution is -0.384. The summed E-state index contributed by atoms with van der Waals surface area (Å²) in [5.74, 6) is 0. The van der Waals surface area contributed by atoms with Gasteiger partial charge in [0.2, 0.25) is 0 Å². The summed E-state index contributed by atoms with van der Waals surface area (Å²) in [7, 11) is 2.12. The maximum absolute atomic E-state index is 11.9. The number of amides is 1. The summed E-state index contributed by atoms with van der Waals surface area (Å²) in [5, 5.41) is 14.5. The van der Waals surface area contributed by atoms with Crippen LogP contribution in [0.3, 0.4) is 0 Å². The second kappa shape index (κ2) is 7.88. The summed E-state index contributed by atoms with van der Waals surface area (Å²) in [6.07, 6.45) is -0.472. The number of hydrogen-bond acceptors (Lipinski definition) is 7. The minimum absolute atomic E-state index is 0.0445. The Morgan fingerprint density at radius 2 is 2.00 bits per heavy atom. The molecular formula is C17H25N5O4. The van der Waals surface area contributed by atoms with E-state index in [1.807, 2.05) is 0 Å². The molecule has 9 heteroatoms. The van der Waals surface area contributed by atoms with E-state index in [9.17, 15) is 14.9 Å². The smallest absolute Gasteiger partial charge is 0.414 e. The number of ether oxygens (including phenoxy) is 1. The molecule has 2 heterocycles. The normalized spacial score (nSPS) is 20.1. The number of cyclic esters (lactones) is 1. The van der Waals surface area contributed by atoms with Gasteiger partial charge in [0, 0.05) is 50.9 Å². The first-order valence-corrected chi connectivity index (χ1v) is 8.84. The lowest BCUT2D eigenvalue weighted by Gasteiger charge is -2.34. The largest absolute Gasteiger partial charge is 0.447 e. The van der Waals surface area contributed by atoms with E-state index in [1.165, 1.54) is 17.0 Å². The van der Waals surface area contributed by atoms with Crippen molar-refractivity contribution in [3.63, 3.8) is 0 Å². The molecule has 1 atom stereocenters. The molecule has 0 spiro atoms. The van der Waals surface area contributed by atoms with Crippen molar-refractivity contribution in [2.24, 2.45) is 0 Å². The molecule has 142 valence electrons. The van der Waals surface area contributed by atoms with Crippen LogP contribution in [-0.2, 0) is 4.74 Å². The first kappa shape index (κ1) is 18.4. The monoisotopic (exact) mass is 363 g/mol. The van der Waals surface area contributed by atoms with E-state index in [4.69, 9.17) is 4.74 Å². The Morgan fingerprint density at radius 1 is 1.27 bits per heavy atom. The molecule has 1 aromatic rings. The molecular weight excluding hydrogens is 338 g/mol. The predicted octanol–water partition coefficient (Wildman–Crippen LogP) is 1.60. The predicted molar refractivity (Wildman–Crippen MR) is 98.8 cm³/mol. The van der Waals surface area contributed by atoms with E-state index in [0.717, 1.165) is 32.7 Å². The average Bonchev–Trinajstić information content (AvgIpc) is 3.03. The fourth-order valence-electron chi connectivity index (χ4n) is 3.32. The first-order chi connectivity index (χ1) is 12.4. The number of non-ortho nitro benzene ring substituents is 1. The van der Waals surface area contributed by atoms with Crippen LogP contribution in [0.25, 0.3) is 0 Å². The molecule has 0 bridgehead atoms. The maximum atomic E-state index is 11.9. The van der Waals surface area contributed by atoms with Gasteiger partial charge >= 0.3 is 6.09 Å². The first-order valence-electron chi connectivity index (χ1n) is 8.84. The van der Waals surface area contributed by atoms with Crippen molar-refractivity contribution in [2.45, 2.75) is 13.0 Å². The number of piperazine rings is 1. The molecule has 1 unspecified atom stereocenters. The minimum atomic E-state index is -0.472. The number of nitrogens with zero attached hydrogens (tertiary/aromatic N) is 4. The Kier molecular flexibility index (Phi) is 5.58. The Morgan fingerprint density at radius 3 is 2.62 bits per heavy atom. The van der Waals surface area contributed by atoms with Crippen LogP contribution in [0, 0.1) is 10.1 Å². The van der Waals surface area contributed by atoms with Crippen LogP contribution in [0.2, 0.25) is 0 Å². The molecule has 1 N–H and O–H groups in total. The van der Waals surface area contributed by atoms with Crippen LogP contribution in [0.4, 0.5) is 21.9 Å². The van der Waals surface area contributed by atoms with Crippen molar-refractivity contribution in [3.8, 4) is 0 Å². The summed E-state index contributed by atoms with van der Waals surface area (Å²) in [6.45, 7) is 7.77. The third kappa shape index (κ3) is 4.23. The summed E-state index contributed by atoms with van der Waals surface area (Å²) in [4.78, 5) is 28.7. The SMILES string of the molecule is CC(CN1CCN(C)CC1)Nc1ccc([N+](=O)[O-])cc1N1CCOC1=O. The standard InChI is InChI=1S/C17H25N5O4/c1-13(12-20-7-5-19(2)6-8-20)18-15-4-3-14(22(24)25)11-16(15)21-9-10-26-17(21)23/h3-4,11,13,18H,5-10,12H2,1-2H3. The minimum Gasteiger partial charge on any atom is -0.447 e. The number of carbonyl (C=O) groups excluding carboxylic acids is 1. The van der Waals surface area contributed by atoms with Gasteiger partial charge < -0.3 is 15.0 Å². The molecule has 0 aliphatic carbocycles. The quantitative estimate of drug-likeness (QED) is 0.606. The van der Waals surface area contributed by atoms with Gasteiger partial charge in [-0.1, -0.05) is 0 Å². The van der Waals surface area contributed by atoms with Crippen LogP contribution in [0.1, 0.15) is 6.92 Å². The van der Waals surface area contributed by atoms with E-state index < -0.39 is 11.0 Å². The number of carbonyl (C=O) groups is 1. The summed E-state index contributed by atoms with van der Waals surface area (Å²) in [5.41, 5.74) is 1.15. The van der Waals surface area contributed by atoms with E-state index in [-0.39, 0.29) is 18.3 Å². The lowest BCUT2D eigenvalue weighted by atomic mass is 10.2. The van der Waals surface area contributed by atoms with Gasteiger partial charge in [0.15, 0.2) is 0 Å². The fraction of sp³-hybridized carbons (Fsp3) is 0.588. The molecule has 2 saturated heterocycles. The highest BCUT2D eigenvalue weighted by Crippen LogP contribution is 2.32. The molecule has 1 amide bonds. The number of nitrogens with one attached hydrogen (secondary N) is 1. The molecule has 0 saturated carbocycles. The van der Waals surface area contributed by atoms with Crippen molar-refractivity contribution >= 4 is 23.2 Å². The molecule has 2 aliphatic rings. The summed E-state index contributed by atoms with van der Waals surface area (Å²) in [6, 6.07) is 4.68. The molecule has 1 aromatic carbocycles. The fourth-order valence-corrected chi connectivity index (χ4v) is 3.32. The number of benzene rings is 1. The molecule has 0 aromatic heterocycles. The van der Waals surface area contributed by atoms with Gasteiger partial charge in [0.05, 0.1) is 22.8 Å². The van der Waals surface area contributed by atoms with E-state index in [0.29, 0.717) is 17.9 Å². The Hall–Kier alpha value is -2.39. The van der Waals surface area contributed by atoms with Crippen LogP contribution in [0.5, 0.6) is 0 Å². The van der Waals surface area contributed by atoms with Gasteiger partial charge in [-0.05, 0) is 20.0 Å². The Bertz CT molecular complexity index is 675. The number of likely N-dealkylation sites (N-methyl/N-ethyl adjacent to an activating group) is 1. The number of nitro groups is 1. The molecule has 0 radical (unpaired) electrons. The third-order valence-electron chi connectivity index (χ3n) is 4.77. The number of rotatable bonds is 6. The van der Waals surface area contributed by atoms with Crippen LogP contribution < -0.4 is 10.2 Å². The highest BCUT2D eigenvalue weighted by molar-refractivity contribution is 5.94. The van der Waals surface area contributed by atoms with Gasteiger partial charge in [0.1, 0.15) is 6.61 Å². The molecule has 2 aliphatic heterocycles. The topological polar surface area (TPSA) is 91.2 Å². The summed E-state index contributed by atoms with van der Waals surface area (Å²) >= 11 is 0. The zero-order valence-electron chi connectivity index (χ0n) is 15.2. The Balaban J connectivity index is 1.73. The highest BCUT2D eigenvalue weighted by atomic mass is 16.6. The number of anilines is 2.